The summed E-state index contributed by atoms with van der Waals surface area (Å²) in [5, 5.41) is 7.80. The number of hydrogen-bond donors (Lipinski definition) is 1. The van der Waals surface area contributed by atoms with Gasteiger partial charge in [0.25, 0.3) is 0 Å². The molecule has 0 amide bonds. The van der Waals surface area contributed by atoms with Gasteiger partial charge < -0.3 is 5.11 Å². The van der Waals surface area contributed by atoms with Crippen molar-refractivity contribution in [2.45, 2.75) is 18.0 Å². The first kappa shape index (κ1) is 13.7. The SMILES string of the molecule is O=C(O)C=CC(F)(F)C(F)(F)C(F)(F)F. The number of carboxylic acid groups (broad SMARTS) is 1. The van der Waals surface area contributed by atoms with Crippen LogP contribution in [0.1, 0.15) is 0 Å². The van der Waals surface area contributed by atoms with E-state index in [2.05, 4.69) is 0 Å². The van der Waals surface area contributed by atoms with E-state index in [1.165, 1.54) is 0 Å². The van der Waals surface area contributed by atoms with Crippen LogP contribution >= 0.6 is 0 Å². The lowest BCUT2D eigenvalue weighted by atomic mass is 10.1. The van der Waals surface area contributed by atoms with E-state index in [9.17, 15) is 35.5 Å². The maximum absolute atomic E-state index is 12.2. The van der Waals surface area contributed by atoms with Gasteiger partial charge in [-0.25, -0.2) is 4.79 Å². The van der Waals surface area contributed by atoms with E-state index >= 15 is 0 Å². The molecule has 9 heteroatoms. The third-order valence-electron chi connectivity index (χ3n) is 1.21. The number of halogens is 7. The fraction of sp³-hybridized carbons (Fsp3) is 0.500. The lowest BCUT2D eigenvalue weighted by molar-refractivity contribution is -0.341. The summed E-state index contributed by atoms with van der Waals surface area (Å²) in [5.41, 5.74) is 0. The number of alkyl halides is 7. The van der Waals surface area contributed by atoms with Crippen molar-refractivity contribution in [1.82, 2.24) is 0 Å². The van der Waals surface area contributed by atoms with Crippen molar-refractivity contribution in [3.05, 3.63) is 12.2 Å². The zero-order valence-corrected chi connectivity index (χ0v) is 6.66. The predicted octanol–water partition coefficient (Wildman–Crippen LogP) is 2.46. The van der Waals surface area contributed by atoms with Crippen LogP contribution in [0.4, 0.5) is 30.7 Å². The molecule has 0 atom stereocenters. The van der Waals surface area contributed by atoms with Crippen molar-refractivity contribution >= 4 is 5.97 Å². The summed E-state index contributed by atoms with van der Waals surface area (Å²) >= 11 is 0. The predicted molar refractivity (Wildman–Crippen MR) is 32.7 cm³/mol. The van der Waals surface area contributed by atoms with Gasteiger partial charge in [-0.2, -0.15) is 30.7 Å². The topological polar surface area (TPSA) is 37.3 Å². The Kier molecular flexibility index (Phi) is 3.39. The highest BCUT2D eigenvalue weighted by atomic mass is 19.4. The van der Waals surface area contributed by atoms with Crippen LogP contribution in [0.2, 0.25) is 0 Å². The van der Waals surface area contributed by atoms with Gasteiger partial charge in [-0.3, -0.25) is 0 Å². The van der Waals surface area contributed by atoms with Crippen LogP contribution < -0.4 is 0 Å². The summed E-state index contributed by atoms with van der Waals surface area (Å²) in [5.74, 6) is -14.0. The summed E-state index contributed by atoms with van der Waals surface area (Å²) in [6.07, 6.45) is -7.96. The van der Waals surface area contributed by atoms with Gasteiger partial charge >= 0.3 is 24.0 Å². The molecule has 0 aromatic carbocycles. The molecule has 0 aliphatic carbocycles. The third kappa shape index (κ3) is 2.83. The van der Waals surface area contributed by atoms with E-state index in [-0.39, 0.29) is 0 Å². The molecule has 0 fully saturated rings. The Balaban J connectivity index is 5.10. The summed E-state index contributed by atoms with van der Waals surface area (Å²) in [6, 6.07) is 0. The van der Waals surface area contributed by atoms with E-state index in [0.29, 0.717) is 0 Å². The van der Waals surface area contributed by atoms with Gasteiger partial charge in [0.05, 0.1) is 0 Å². The van der Waals surface area contributed by atoms with Gasteiger partial charge in [0.1, 0.15) is 0 Å². The van der Waals surface area contributed by atoms with E-state index in [1.54, 1.807) is 0 Å². The van der Waals surface area contributed by atoms with E-state index in [0.717, 1.165) is 0 Å². The molecule has 15 heavy (non-hydrogen) atoms. The normalized spacial score (nSPS) is 14.6. The summed E-state index contributed by atoms with van der Waals surface area (Å²) in [7, 11) is 0. The highest BCUT2D eigenvalue weighted by molar-refractivity contribution is 5.79. The van der Waals surface area contributed by atoms with Crippen LogP contribution in [-0.2, 0) is 4.79 Å². The highest BCUT2D eigenvalue weighted by Gasteiger charge is 2.71. The molecule has 0 unspecified atom stereocenters. The molecule has 0 aromatic heterocycles. The quantitative estimate of drug-likeness (QED) is 0.607. The Morgan fingerprint density at radius 1 is 1.00 bits per heavy atom. The molecule has 1 N–H and O–H groups in total. The molecule has 0 saturated heterocycles. The maximum Gasteiger partial charge on any atom is 0.460 e. The molecule has 2 nitrogen and oxygen atoms in total. The number of rotatable bonds is 3. The monoisotopic (exact) mass is 240 g/mol. The smallest absolute Gasteiger partial charge is 0.460 e. The molecule has 0 rings (SSSR count). The van der Waals surface area contributed by atoms with Gasteiger partial charge in [-0.15, -0.1) is 0 Å². The minimum atomic E-state index is -6.46. The van der Waals surface area contributed by atoms with Gasteiger partial charge in [-0.1, -0.05) is 0 Å². The average molecular weight is 240 g/mol. The van der Waals surface area contributed by atoms with Crippen LogP contribution in [0.25, 0.3) is 0 Å². The van der Waals surface area contributed by atoms with Crippen LogP contribution in [0.3, 0.4) is 0 Å². The molecule has 0 saturated carbocycles. The first-order valence-corrected chi connectivity index (χ1v) is 3.16. The Hall–Kier alpha value is -1.28. The van der Waals surface area contributed by atoms with Crippen molar-refractivity contribution in [3.8, 4) is 0 Å². The second-order valence-electron chi connectivity index (χ2n) is 2.37. The molecule has 0 heterocycles. The third-order valence-corrected chi connectivity index (χ3v) is 1.21. The molecule has 0 aromatic rings. The number of carbonyl (C=O) groups is 1. The summed E-state index contributed by atoms with van der Waals surface area (Å²) in [4.78, 5) is 9.68. The van der Waals surface area contributed by atoms with Crippen molar-refractivity contribution in [3.63, 3.8) is 0 Å². The zero-order chi connectivity index (χ0) is 12.5. The average Bonchev–Trinajstić information content (AvgIpc) is 1.98. The van der Waals surface area contributed by atoms with Crippen molar-refractivity contribution in [1.29, 1.82) is 0 Å². The minimum absolute atomic E-state index is 0.486. The van der Waals surface area contributed by atoms with Crippen molar-refractivity contribution < 1.29 is 40.6 Å². The molecule has 88 valence electrons. The second kappa shape index (κ2) is 3.70. The molecule has 0 aliphatic heterocycles. The first-order chi connectivity index (χ1) is 6.42. The van der Waals surface area contributed by atoms with Gasteiger partial charge in [-0.05, 0) is 6.08 Å². The largest absolute Gasteiger partial charge is 0.478 e. The number of carboxylic acids is 1. The number of aliphatic carboxylic acids is 1. The zero-order valence-electron chi connectivity index (χ0n) is 6.66. The van der Waals surface area contributed by atoms with E-state index in [1.807, 2.05) is 0 Å². The number of hydrogen-bond acceptors (Lipinski definition) is 1. The van der Waals surface area contributed by atoms with Crippen molar-refractivity contribution in [2.75, 3.05) is 0 Å². The molecule has 0 radical (unpaired) electrons. The van der Waals surface area contributed by atoms with E-state index < -0.39 is 36.1 Å². The van der Waals surface area contributed by atoms with E-state index in [4.69, 9.17) is 5.11 Å². The number of allylic oxidation sites excluding steroid dienone is 1. The lowest BCUT2D eigenvalue weighted by Gasteiger charge is -2.25. The molecule has 0 spiro atoms. The van der Waals surface area contributed by atoms with Crippen LogP contribution in [-0.4, -0.2) is 29.1 Å². The highest BCUT2D eigenvalue weighted by Crippen LogP contribution is 2.46. The first-order valence-electron chi connectivity index (χ1n) is 3.16. The van der Waals surface area contributed by atoms with Crippen LogP contribution in [0, 0.1) is 0 Å². The Morgan fingerprint density at radius 3 is 1.67 bits per heavy atom. The molecule has 0 aliphatic rings. The maximum atomic E-state index is 12.2. The summed E-state index contributed by atoms with van der Waals surface area (Å²) in [6.45, 7) is 0. The fourth-order valence-corrected chi connectivity index (χ4v) is 0.470. The lowest BCUT2D eigenvalue weighted by Crippen LogP contribution is -2.50. The standard InChI is InChI=1S/C6H3F7O2/c7-4(8,2-1-3(14)15)5(9,10)6(11,12)13/h1-2H,(H,14,15). The Labute approximate surface area is 78.0 Å². The van der Waals surface area contributed by atoms with Crippen LogP contribution in [0.15, 0.2) is 12.2 Å². The second-order valence-corrected chi connectivity index (χ2v) is 2.37. The minimum Gasteiger partial charge on any atom is -0.478 e. The molecule has 0 bridgehead atoms. The van der Waals surface area contributed by atoms with Gasteiger partial charge in [0, 0.05) is 6.08 Å². The fourth-order valence-electron chi connectivity index (χ4n) is 0.470. The summed E-state index contributed by atoms with van der Waals surface area (Å²) < 4.78 is 82.9. The van der Waals surface area contributed by atoms with Gasteiger partial charge in [0.15, 0.2) is 0 Å². The van der Waals surface area contributed by atoms with Crippen LogP contribution in [0.5, 0.6) is 0 Å². The van der Waals surface area contributed by atoms with Gasteiger partial charge in [0.2, 0.25) is 0 Å². The van der Waals surface area contributed by atoms with Crippen molar-refractivity contribution in [2.24, 2.45) is 0 Å². The Morgan fingerprint density at radius 2 is 1.40 bits per heavy atom. The Bertz CT molecular complexity index is 278. The molecular formula is C6H3F7O2. The molecular weight excluding hydrogens is 237 g/mol.